The number of halogens is 1. The third kappa shape index (κ3) is 3.60. The molecule has 3 heterocycles. The highest BCUT2D eigenvalue weighted by atomic mass is 19.1. The lowest BCUT2D eigenvalue weighted by atomic mass is 10.0. The van der Waals surface area contributed by atoms with E-state index in [1.165, 1.54) is 12.1 Å². The minimum atomic E-state index is -0.414. The Kier molecular flexibility index (Phi) is 5.12. The topological polar surface area (TPSA) is 59.7 Å². The van der Waals surface area contributed by atoms with E-state index in [-0.39, 0.29) is 5.75 Å². The number of fused-ring (bicyclic) bond motifs is 10. The molecule has 0 saturated carbocycles. The van der Waals surface area contributed by atoms with E-state index < -0.39 is 5.82 Å². The number of rotatable bonds is 1. The van der Waals surface area contributed by atoms with E-state index >= 15 is 0 Å². The van der Waals surface area contributed by atoms with E-state index in [0.717, 1.165) is 54.6 Å². The Morgan fingerprint density at radius 1 is 0.439 bits per heavy atom. The van der Waals surface area contributed by atoms with Crippen LogP contribution in [0.5, 0.6) is 5.75 Å². The Balaban J connectivity index is 0.000000125. The van der Waals surface area contributed by atoms with Crippen LogP contribution in [-0.2, 0) is 0 Å². The van der Waals surface area contributed by atoms with Crippen molar-refractivity contribution in [1.82, 2.24) is 0 Å². The SMILES string of the molecule is Oc1ccccc1-c1c(F)ccc2c1oc1ccccc12.c1ccc2c(c1)oc1c2ccc2oc3ccccc3c21. The Morgan fingerprint density at radius 2 is 0.976 bits per heavy atom. The van der Waals surface area contributed by atoms with Crippen LogP contribution in [-0.4, -0.2) is 5.11 Å². The molecule has 41 heavy (non-hydrogen) atoms. The summed E-state index contributed by atoms with van der Waals surface area (Å²) in [5, 5.41) is 16.2. The van der Waals surface area contributed by atoms with Crippen molar-refractivity contribution in [3.8, 4) is 16.9 Å². The van der Waals surface area contributed by atoms with Gasteiger partial charge < -0.3 is 18.4 Å². The molecule has 1 N–H and O–H groups in total. The lowest BCUT2D eigenvalue weighted by Crippen LogP contribution is -1.85. The highest BCUT2D eigenvalue weighted by Crippen LogP contribution is 2.41. The predicted molar refractivity (Wildman–Crippen MR) is 162 cm³/mol. The Morgan fingerprint density at radius 3 is 1.68 bits per heavy atom. The monoisotopic (exact) mass is 536 g/mol. The first-order chi connectivity index (χ1) is 20.2. The number of furan rings is 3. The summed E-state index contributed by atoms with van der Waals surface area (Å²) in [4.78, 5) is 0. The zero-order valence-electron chi connectivity index (χ0n) is 21.6. The zero-order valence-corrected chi connectivity index (χ0v) is 21.6. The van der Waals surface area contributed by atoms with Crippen molar-refractivity contribution in [3.05, 3.63) is 127 Å². The van der Waals surface area contributed by atoms with Gasteiger partial charge in [-0.05, 0) is 48.5 Å². The second kappa shape index (κ2) is 9.00. The molecule has 196 valence electrons. The molecule has 0 aliphatic carbocycles. The molecular formula is C36H21FO4. The maximum absolute atomic E-state index is 14.3. The first-order valence-electron chi connectivity index (χ1n) is 13.3. The van der Waals surface area contributed by atoms with Crippen LogP contribution < -0.4 is 0 Å². The molecule has 0 fully saturated rings. The molecule has 5 heteroatoms. The second-order valence-electron chi connectivity index (χ2n) is 9.93. The van der Waals surface area contributed by atoms with Crippen LogP contribution in [0.1, 0.15) is 0 Å². The summed E-state index contributed by atoms with van der Waals surface area (Å²) in [6.07, 6.45) is 0. The summed E-state index contributed by atoms with van der Waals surface area (Å²) >= 11 is 0. The minimum absolute atomic E-state index is 0.0318. The number of para-hydroxylation sites is 4. The molecule has 0 saturated heterocycles. The molecule has 4 nitrogen and oxygen atoms in total. The van der Waals surface area contributed by atoms with Crippen LogP contribution in [0.3, 0.4) is 0 Å². The minimum Gasteiger partial charge on any atom is -0.507 e. The molecule has 0 amide bonds. The van der Waals surface area contributed by atoms with E-state index in [2.05, 4.69) is 18.2 Å². The van der Waals surface area contributed by atoms with Crippen LogP contribution in [0.25, 0.3) is 76.9 Å². The summed E-state index contributed by atoms with van der Waals surface area (Å²) in [6.45, 7) is 0. The predicted octanol–water partition coefficient (Wildman–Crippen LogP) is 10.6. The van der Waals surface area contributed by atoms with Crippen LogP contribution in [0.2, 0.25) is 0 Å². The van der Waals surface area contributed by atoms with Crippen molar-refractivity contribution < 1.29 is 22.7 Å². The van der Waals surface area contributed by atoms with Crippen LogP contribution in [0.4, 0.5) is 4.39 Å². The lowest BCUT2D eigenvalue weighted by Gasteiger charge is -2.06. The van der Waals surface area contributed by atoms with Crippen LogP contribution in [0, 0.1) is 5.82 Å². The van der Waals surface area contributed by atoms with Gasteiger partial charge in [0.1, 0.15) is 45.1 Å². The van der Waals surface area contributed by atoms with Crippen molar-refractivity contribution in [2.75, 3.05) is 0 Å². The highest BCUT2D eigenvalue weighted by molar-refractivity contribution is 6.21. The van der Waals surface area contributed by atoms with Gasteiger partial charge >= 0.3 is 0 Å². The maximum atomic E-state index is 14.3. The van der Waals surface area contributed by atoms with Gasteiger partial charge in [-0.25, -0.2) is 4.39 Å². The van der Waals surface area contributed by atoms with Crippen molar-refractivity contribution >= 4 is 65.8 Å². The average molecular weight is 537 g/mol. The summed E-state index contributed by atoms with van der Waals surface area (Å²) in [7, 11) is 0. The van der Waals surface area contributed by atoms with Gasteiger partial charge in [-0.15, -0.1) is 0 Å². The number of phenolic OH excluding ortho intramolecular Hbond substituents is 1. The van der Waals surface area contributed by atoms with Gasteiger partial charge in [-0.1, -0.05) is 72.8 Å². The van der Waals surface area contributed by atoms with E-state index in [4.69, 9.17) is 13.3 Å². The van der Waals surface area contributed by atoms with Crippen molar-refractivity contribution in [2.45, 2.75) is 0 Å². The molecule has 0 bridgehead atoms. The van der Waals surface area contributed by atoms with Gasteiger partial charge in [0.25, 0.3) is 0 Å². The van der Waals surface area contributed by atoms with Gasteiger partial charge in [0.15, 0.2) is 0 Å². The van der Waals surface area contributed by atoms with Crippen molar-refractivity contribution in [3.63, 3.8) is 0 Å². The first-order valence-corrected chi connectivity index (χ1v) is 13.3. The number of phenols is 1. The molecule has 9 aromatic rings. The van der Waals surface area contributed by atoms with Gasteiger partial charge in [0.2, 0.25) is 0 Å². The summed E-state index contributed by atoms with van der Waals surface area (Å²) in [5.41, 5.74) is 5.48. The quantitative estimate of drug-likeness (QED) is 0.227. The van der Waals surface area contributed by atoms with E-state index in [9.17, 15) is 9.50 Å². The fraction of sp³-hybridized carbons (Fsp3) is 0. The average Bonchev–Trinajstić information content (AvgIpc) is 3.69. The van der Waals surface area contributed by atoms with E-state index in [1.54, 1.807) is 24.3 Å². The zero-order chi connectivity index (χ0) is 27.5. The number of hydrogen-bond donors (Lipinski definition) is 1. The standard InChI is InChI=1S/C18H11FO2.C18H10O2/c19-14-10-9-12-11-5-2-4-8-16(11)21-18(12)17(14)13-6-1-3-7-15(13)20;1-3-7-14-11(5-1)12-9-10-16-17(18(12)20-14)13-6-2-4-8-15(13)19-16/h1-10,20H;1-10H. The van der Waals surface area contributed by atoms with Crippen LogP contribution >= 0.6 is 0 Å². The molecule has 0 unspecified atom stereocenters. The normalized spacial score (nSPS) is 11.6. The molecule has 0 radical (unpaired) electrons. The molecular weight excluding hydrogens is 515 g/mol. The van der Waals surface area contributed by atoms with Crippen molar-refractivity contribution in [1.29, 1.82) is 0 Å². The van der Waals surface area contributed by atoms with E-state index in [1.807, 2.05) is 66.7 Å². The Bertz CT molecular complexity index is 2410. The molecule has 3 aromatic heterocycles. The van der Waals surface area contributed by atoms with Gasteiger partial charge in [0.05, 0.1) is 10.9 Å². The Hall–Kier alpha value is -5.55. The first kappa shape index (κ1) is 23.3. The third-order valence-corrected chi connectivity index (χ3v) is 7.55. The molecule has 0 aliphatic rings. The molecule has 9 rings (SSSR count). The van der Waals surface area contributed by atoms with Gasteiger partial charge in [-0.3, -0.25) is 0 Å². The fourth-order valence-electron chi connectivity index (χ4n) is 5.69. The number of benzene rings is 6. The molecule has 0 spiro atoms. The third-order valence-electron chi connectivity index (χ3n) is 7.55. The number of hydrogen-bond acceptors (Lipinski definition) is 4. The molecule has 0 aliphatic heterocycles. The highest BCUT2D eigenvalue weighted by Gasteiger charge is 2.18. The maximum Gasteiger partial charge on any atom is 0.147 e. The Labute approximate surface area is 232 Å². The smallest absolute Gasteiger partial charge is 0.147 e. The molecule has 0 atom stereocenters. The van der Waals surface area contributed by atoms with Crippen LogP contribution in [0.15, 0.2) is 135 Å². The fourth-order valence-corrected chi connectivity index (χ4v) is 5.69. The summed E-state index contributed by atoms with van der Waals surface area (Å²) in [5.74, 6) is -0.382. The summed E-state index contributed by atoms with van der Waals surface area (Å²) in [6, 6.07) is 37.7. The summed E-state index contributed by atoms with van der Waals surface area (Å²) < 4.78 is 32.1. The van der Waals surface area contributed by atoms with E-state index in [0.29, 0.717) is 22.3 Å². The molecule has 6 aromatic carbocycles. The second-order valence-corrected chi connectivity index (χ2v) is 9.93. The lowest BCUT2D eigenvalue weighted by molar-refractivity contribution is 0.476. The largest absolute Gasteiger partial charge is 0.507 e. The van der Waals surface area contributed by atoms with Gasteiger partial charge in [0, 0.05) is 32.5 Å². The van der Waals surface area contributed by atoms with Gasteiger partial charge in [-0.2, -0.15) is 0 Å². The van der Waals surface area contributed by atoms with Crippen molar-refractivity contribution in [2.24, 2.45) is 0 Å². The number of aromatic hydroxyl groups is 1.